The summed E-state index contributed by atoms with van der Waals surface area (Å²) >= 11 is 0. The minimum atomic E-state index is -0.344. The lowest BCUT2D eigenvalue weighted by Crippen LogP contribution is -2.32. The largest absolute Gasteiger partial charge is 0.460 e. The summed E-state index contributed by atoms with van der Waals surface area (Å²) in [6, 6.07) is 7.63. The number of benzene rings is 1. The summed E-state index contributed by atoms with van der Waals surface area (Å²) in [5.41, 5.74) is 1.10. The van der Waals surface area contributed by atoms with E-state index in [-0.39, 0.29) is 40.9 Å². The Hall–Kier alpha value is -2.93. The maximum Gasteiger partial charge on any atom is 0.262 e. The summed E-state index contributed by atoms with van der Waals surface area (Å²) in [6.45, 7) is 3.06. The first-order valence-electron chi connectivity index (χ1n) is 9.29. The van der Waals surface area contributed by atoms with Crippen LogP contribution in [-0.4, -0.2) is 29.7 Å². The lowest BCUT2D eigenvalue weighted by atomic mass is 10.1. The number of furan rings is 1. The molecule has 0 aliphatic carbocycles. The molecule has 1 fully saturated rings. The second-order valence-corrected chi connectivity index (χ2v) is 6.99. The first-order valence-corrected chi connectivity index (χ1v) is 9.29. The first kappa shape index (κ1) is 18.4. The summed E-state index contributed by atoms with van der Waals surface area (Å²) in [5, 5.41) is 3.11. The molecule has 0 saturated carbocycles. The predicted molar refractivity (Wildman–Crippen MR) is 102 cm³/mol. The smallest absolute Gasteiger partial charge is 0.262 e. The van der Waals surface area contributed by atoms with Crippen molar-refractivity contribution in [1.82, 2.24) is 9.88 Å². The van der Waals surface area contributed by atoms with Crippen LogP contribution in [0.4, 0.5) is 4.39 Å². The number of aryl methyl sites for hydroxylation is 1. The molecule has 1 atom stereocenters. The third kappa shape index (κ3) is 3.57. The molecule has 3 aromatic rings. The number of aromatic nitrogens is 1. The quantitative estimate of drug-likeness (QED) is 0.734. The van der Waals surface area contributed by atoms with Gasteiger partial charge in [0.2, 0.25) is 0 Å². The van der Waals surface area contributed by atoms with Crippen LogP contribution in [0.15, 0.2) is 45.7 Å². The van der Waals surface area contributed by atoms with Crippen molar-refractivity contribution in [3.8, 4) is 0 Å². The van der Waals surface area contributed by atoms with Crippen LogP contribution in [0.5, 0.6) is 0 Å². The number of fused-ring (bicyclic) bond motifs is 1. The van der Waals surface area contributed by atoms with Gasteiger partial charge >= 0.3 is 0 Å². The molecule has 4 rings (SSSR count). The molecule has 0 bridgehead atoms. The molecule has 1 aromatic carbocycles. The van der Waals surface area contributed by atoms with Gasteiger partial charge in [-0.3, -0.25) is 9.59 Å². The minimum Gasteiger partial charge on any atom is -0.460 e. The molecule has 28 heavy (non-hydrogen) atoms. The number of hydrogen-bond acceptors (Lipinski definition) is 4. The van der Waals surface area contributed by atoms with Crippen LogP contribution in [0, 0.1) is 12.7 Å². The molecule has 0 spiro atoms. The SMILES string of the molecule is Cc1oc2ccn(Cc3ccc(F)cc3)c(=O)c2c1C(=O)NCC1CCCO1. The van der Waals surface area contributed by atoms with Crippen LogP contribution in [0.3, 0.4) is 0 Å². The average molecular weight is 384 g/mol. The van der Waals surface area contributed by atoms with Gasteiger partial charge in [-0.15, -0.1) is 0 Å². The molecule has 146 valence electrons. The topological polar surface area (TPSA) is 73.5 Å². The van der Waals surface area contributed by atoms with E-state index < -0.39 is 0 Å². The zero-order chi connectivity index (χ0) is 19.7. The molecule has 1 N–H and O–H groups in total. The Balaban J connectivity index is 1.64. The van der Waals surface area contributed by atoms with Crippen LogP contribution in [0.1, 0.15) is 34.5 Å². The summed E-state index contributed by atoms with van der Waals surface area (Å²) in [7, 11) is 0. The predicted octanol–water partition coefficient (Wildman–Crippen LogP) is 3.00. The molecular weight excluding hydrogens is 363 g/mol. The molecule has 1 amide bonds. The highest BCUT2D eigenvalue weighted by Crippen LogP contribution is 2.23. The Morgan fingerprint density at radius 2 is 2.07 bits per heavy atom. The standard InChI is InChI=1S/C21H21FN2O4/c1-13-18(20(25)23-11-16-3-2-10-27-16)19-17(28-13)8-9-24(21(19)26)12-14-4-6-15(22)7-5-14/h4-9,16H,2-3,10-12H2,1H3,(H,23,25). The van der Waals surface area contributed by atoms with Crippen molar-refractivity contribution in [3.05, 3.63) is 69.6 Å². The number of hydrogen-bond donors (Lipinski definition) is 1. The number of nitrogens with zero attached hydrogens (tertiary/aromatic N) is 1. The van der Waals surface area contributed by atoms with Crippen LogP contribution < -0.4 is 10.9 Å². The van der Waals surface area contributed by atoms with E-state index in [4.69, 9.17) is 9.15 Å². The zero-order valence-corrected chi connectivity index (χ0v) is 15.5. The summed E-state index contributed by atoms with van der Waals surface area (Å²) in [5.74, 6) is -0.276. The number of rotatable bonds is 5. The molecule has 6 nitrogen and oxygen atoms in total. The number of pyridine rings is 1. The van der Waals surface area contributed by atoms with Gasteiger partial charge in [0.1, 0.15) is 17.2 Å². The number of amides is 1. The van der Waals surface area contributed by atoms with E-state index in [9.17, 15) is 14.0 Å². The van der Waals surface area contributed by atoms with Crippen LogP contribution >= 0.6 is 0 Å². The van der Waals surface area contributed by atoms with Crippen molar-refractivity contribution in [3.63, 3.8) is 0 Å². The van der Waals surface area contributed by atoms with Gasteiger partial charge in [0.05, 0.1) is 23.6 Å². The van der Waals surface area contributed by atoms with Crippen molar-refractivity contribution < 1.29 is 18.3 Å². The van der Waals surface area contributed by atoms with Crippen molar-refractivity contribution in [2.24, 2.45) is 0 Å². The van der Waals surface area contributed by atoms with Crippen molar-refractivity contribution in [2.75, 3.05) is 13.2 Å². The molecule has 2 aromatic heterocycles. The fourth-order valence-electron chi connectivity index (χ4n) is 3.55. The third-order valence-corrected chi connectivity index (χ3v) is 5.00. The van der Waals surface area contributed by atoms with Gasteiger partial charge in [0.25, 0.3) is 11.5 Å². The molecular formula is C21H21FN2O4. The van der Waals surface area contributed by atoms with Crippen LogP contribution in [0.25, 0.3) is 11.0 Å². The Labute approximate surface area is 160 Å². The summed E-state index contributed by atoms with van der Waals surface area (Å²) < 4.78 is 25.8. The second-order valence-electron chi connectivity index (χ2n) is 6.99. The molecule has 1 aliphatic heterocycles. The zero-order valence-electron chi connectivity index (χ0n) is 15.5. The molecule has 1 aliphatic rings. The van der Waals surface area contributed by atoms with E-state index >= 15 is 0 Å². The van der Waals surface area contributed by atoms with Crippen molar-refractivity contribution in [2.45, 2.75) is 32.4 Å². The minimum absolute atomic E-state index is 0.0116. The van der Waals surface area contributed by atoms with E-state index in [0.29, 0.717) is 24.5 Å². The van der Waals surface area contributed by atoms with Gasteiger partial charge in [0, 0.05) is 19.3 Å². The molecule has 7 heteroatoms. The maximum atomic E-state index is 13.1. The maximum absolute atomic E-state index is 13.1. The van der Waals surface area contributed by atoms with Crippen molar-refractivity contribution >= 4 is 16.9 Å². The molecule has 1 saturated heterocycles. The lowest BCUT2D eigenvalue weighted by molar-refractivity contribution is 0.0857. The summed E-state index contributed by atoms with van der Waals surface area (Å²) in [4.78, 5) is 25.8. The molecule has 0 radical (unpaired) electrons. The normalized spacial score (nSPS) is 16.6. The van der Waals surface area contributed by atoms with Gasteiger partial charge in [-0.2, -0.15) is 0 Å². The summed E-state index contributed by atoms with van der Waals surface area (Å²) in [6.07, 6.45) is 3.53. The van der Waals surface area contributed by atoms with Crippen LogP contribution in [-0.2, 0) is 11.3 Å². The number of carbonyl (C=O) groups is 1. The van der Waals surface area contributed by atoms with Crippen LogP contribution in [0.2, 0.25) is 0 Å². The van der Waals surface area contributed by atoms with E-state index in [1.807, 2.05) is 0 Å². The Morgan fingerprint density at radius 3 is 2.79 bits per heavy atom. The van der Waals surface area contributed by atoms with E-state index in [0.717, 1.165) is 18.4 Å². The first-order chi connectivity index (χ1) is 13.5. The fraction of sp³-hybridized carbons (Fsp3) is 0.333. The van der Waals surface area contributed by atoms with E-state index in [2.05, 4.69) is 5.32 Å². The number of nitrogens with one attached hydrogen (secondary N) is 1. The second kappa shape index (κ2) is 7.59. The number of ether oxygens (including phenoxy) is 1. The molecule has 3 heterocycles. The van der Waals surface area contributed by atoms with E-state index in [1.54, 1.807) is 31.3 Å². The molecule has 1 unspecified atom stereocenters. The highest BCUT2D eigenvalue weighted by atomic mass is 19.1. The lowest BCUT2D eigenvalue weighted by Gasteiger charge is -2.10. The fourth-order valence-corrected chi connectivity index (χ4v) is 3.55. The van der Waals surface area contributed by atoms with Gasteiger partial charge in [-0.05, 0) is 43.5 Å². The average Bonchev–Trinajstić information content (AvgIpc) is 3.31. The van der Waals surface area contributed by atoms with Gasteiger partial charge in [-0.25, -0.2) is 4.39 Å². The van der Waals surface area contributed by atoms with Gasteiger partial charge in [0.15, 0.2) is 0 Å². The Kier molecular flexibility index (Phi) is 5.00. The Bertz CT molecular complexity index is 1060. The number of carbonyl (C=O) groups excluding carboxylic acids is 1. The van der Waals surface area contributed by atoms with Gasteiger partial charge < -0.3 is 19.0 Å². The highest BCUT2D eigenvalue weighted by molar-refractivity contribution is 6.06. The monoisotopic (exact) mass is 384 g/mol. The number of halogens is 1. The Morgan fingerprint density at radius 1 is 1.29 bits per heavy atom. The van der Waals surface area contributed by atoms with Gasteiger partial charge in [-0.1, -0.05) is 12.1 Å². The highest BCUT2D eigenvalue weighted by Gasteiger charge is 2.23. The third-order valence-electron chi connectivity index (χ3n) is 5.00. The van der Waals surface area contributed by atoms with Crippen molar-refractivity contribution in [1.29, 1.82) is 0 Å². The van der Waals surface area contributed by atoms with E-state index in [1.165, 1.54) is 16.7 Å².